The van der Waals surface area contributed by atoms with E-state index in [0.717, 1.165) is 43.4 Å². The fourth-order valence-electron chi connectivity index (χ4n) is 3.16. The van der Waals surface area contributed by atoms with Crippen molar-refractivity contribution in [2.75, 3.05) is 38.2 Å². The number of aryl methyl sites for hydroxylation is 1. The SMILES string of the molecule is Cc1noc(-c2ccnc(NC[C@@H](c3ccccn3)N3CCOCC3)c2)n1. The monoisotopic (exact) mass is 366 g/mol. The number of pyridine rings is 2. The first-order valence-electron chi connectivity index (χ1n) is 9.03. The van der Waals surface area contributed by atoms with E-state index < -0.39 is 0 Å². The maximum absolute atomic E-state index is 5.50. The summed E-state index contributed by atoms with van der Waals surface area (Å²) in [7, 11) is 0. The minimum Gasteiger partial charge on any atom is -0.379 e. The molecule has 3 aromatic heterocycles. The van der Waals surface area contributed by atoms with Gasteiger partial charge in [0.25, 0.3) is 5.89 Å². The predicted octanol–water partition coefficient (Wildman–Crippen LogP) is 2.32. The maximum atomic E-state index is 5.50. The van der Waals surface area contributed by atoms with E-state index in [2.05, 4.69) is 36.4 Å². The number of nitrogens with one attached hydrogen (secondary N) is 1. The zero-order chi connectivity index (χ0) is 18.5. The van der Waals surface area contributed by atoms with Gasteiger partial charge in [-0.15, -0.1) is 0 Å². The van der Waals surface area contributed by atoms with Gasteiger partial charge in [0.15, 0.2) is 5.82 Å². The molecule has 140 valence electrons. The normalized spacial score (nSPS) is 16.2. The van der Waals surface area contributed by atoms with Crippen LogP contribution in [-0.2, 0) is 4.74 Å². The summed E-state index contributed by atoms with van der Waals surface area (Å²) in [4.78, 5) is 15.6. The molecule has 1 aliphatic rings. The van der Waals surface area contributed by atoms with Crippen molar-refractivity contribution >= 4 is 5.82 Å². The third kappa shape index (κ3) is 4.29. The van der Waals surface area contributed by atoms with Gasteiger partial charge in [-0.05, 0) is 31.2 Å². The Labute approximate surface area is 157 Å². The first kappa shape index (κ1) is 17.6. The van der Waals surface area contributed by atoms with Gasteiger partial charge in [0.2, 0.25) is 0 Å². The molecule has 0 unspecified atom stereocenters. The van der Waals surface area contributed by atoms with E-state index >= 15 is 0 Å². The van der Waals surface area contributed by atoms with Gasteiger partial charge in [0.1, 0.15) is 5.82 Å². The van der Waals surface area contributed by atoms with Crippen molar-refractivity contribution in [3.8, 4) is 11.5 Å². The summed E-state index contributed by atoms with van der Waals surface area (Å²) in [5.41, 5.74) is 1.88. The molecule has 1 N–H and O–H groups in total. The molecule has 8 nitrogen and oxygen atoms in total. The van der Waals surface area contributed by atoms with Crippen LogP contribution in [0.25, 0.3) is 11.5 Å². The molecular weight excluding hydrogens is 344 g/mol. The molecule has 4 rings (SSSR count). The van der Waals surface area contributed by atoms with E-state index in [1.807, 2.05) is 30.5 Å². The molecule has 0 amide bonds. The first-order chi connectivity index (χ1) is 13.3. The number of ether oxygens (including phenoxy) is 1. The van der Waals surface area contributed by atoms with E-state index in [1.165, 1.54) is 0 Å². The van der Waals surface area contributed by atoms with Crippen molar-refractivity contribution in [1.82, 2.24) is 25.0 Å². The van der Waals surface area contributed by atoms with Gasteiger partial charge in [-0.25, -0.2) is 4.98 Å². The van der Waals surface area contributed by atoms with Crippen LogP contribution < -0.4 is 5.32 Å². The second-order valence-corrected chi connectivity index (χ2v) is 6.38. The number of hydrogen-bond donors (Lipinski definition) is 1. The predicted molar refractivity (Wildman–Crippen MR) is 100 cm³/mol. The summed E-state index contributed by atoms with van der Waals surface area (Å²) < 4.78 is 10.7. The van der Waals surface area contributed by atoms with Gasteiger partial charge in [-0.3, -0.25) is 9.88 Å². The van der Waals surface area contributed by atoms with Crippen LogP contribution in [0.3, 0.4) is 0 Å². The van der Waals surface area contributed by atoms with Crippen molar-refractivity contribution in [2.45, 2.75) is 13.0 Å². The summed E-state index contributed by atoms with van der Waals surface area (Å²) in [6, 6.07) is 9.94. The molecule has 27 heavy (non-hydrogen) atoms. The third-order valence-electron chi connectivity index (χ3n) is 4.53. The molecule has 0 spiro atoms. The van der Waals surface area contributed by atoms with Crippen LogP contribution in [0.15, 0.2) is 47.2 Å². The minimum absolute atomic E-state index is 0.145. The largest absolute Gasteiger partial charge is 0.379 e. The van der Waals surface area contributed by atoms with E-state index in [9.17, 15) is 0 Å². The van der Waals surface area contributed by atoms with Crippen molar-refractivity contribution in [3.05, 3.63) is 54.2 Å². The molecule has 0 saturated carbocycles. The van der Waals surface area contributed by atoms with E-state index in [4.69, 9.17) is 9.26 Å². The number of nitrogens with zero attached hydrogens (tertiary/aromatic N) is 5. The molecule has 0 bridgehead atoms. The van der Waals surface area contributed by atoms with Gasteiger partial charge in [0.05, 0.1) is 24.9 Å². The summed E-state index contributed by atoms with van der Waals surface area (Å²) in [6.07, 6.45) is 3.57. The summed E-state index contributed by atoms with van der Waals surface area (Å²) in [6.45, 7) is 5.75. The van der Waals surface area contributed by atoms with Gasteiger partial charge < -0.3 is 14.6 Å². The highest BCUT2D eigenvalue weighted by molar-refractivity contribution is 5.57. The highest BCUT2D eigenvalue weighted by Crippen LogP contribution is 2.23. The second kappa shape index (κ2) is 8.24. The van der Waals surface area contributed by atoms with Crippen molar-refractivity contribution in [3.63, 3.8) is 0 Å². The topological polar surface area (TPSA) is 89.2 Å². The fourth-order valence-corrected chi connectivity index (χ4v) is 3.16. The average Bonchev–Trinajstić information content (AvgIpc) is 3.16. The lowest BCUT2D eigenvalue weighted by molar-refractivity contribution is 0.0179. The fraction of sp³-hybridized carbons (Fsp3) is 0.368. The smallest absolute Gasteiger partial charge is 0.258 e. The molecular formula is C19H22N6O2. The Morgan fingerprint density at radius 1 is 1.15 bits per heavy atom. The lowest BCUT2D eigenvalue weighted by Gasteiger charge is -2.34. The highest BCUT2D eigenvalue weighted by atomic mass is 16.5. The van der Waals surface area contributed by atoms with Crippen molar-refractivity contribution < 1.29 is 9.26 Å². The number of rotatable bonds is 6. The number of hydrogen-bond acceptors (Lipinski definition) is 8. The van der Waals surface area contributed by atoms with Crippen molar-refractivity contribution in [1.29, 1.82) is 0 Å². The van der Waals surface area contributed by atoms with Crippen LogP contribution >= 0.6 is 0 Å². The summed E-state index contributed by atoms with van der Waals surface area (Å²) >= 11 is 0. The summed E-state index contributed by atoms with van der Waals surface area (Å²) in [5, 5.41) is 7.28. The number of aromatic nitrogens is 4. The molecule has 0 radical (unpaired) electrons. The van der Waals surface area contributed by atoms with Gasteiger partial charge in [-0.1, -0.05) is 11.2 Å². The van der Waals surface area contributed by atoms with Gasteiger partial charge >= 0.3 is 0 Å². The van der Waals surface area contributed by atoms with Gasteiger partial charge in [0, 0.05) is 37.6 Å². The lowest BCUT2D eigenvalue weighted by atomic mass is 10.1. The minimum atomic E-state index is 0.145. The molecule has 1 atom stereocenters. The van der Waals surface area contributed by atoms with E-state index in [1.54, 1.807) is 13.1 Å². The third-order valence-corrected chi connectivity index (χ3v) is 4.53. The molecule has 1 saturated heterocycles. The zero-order valence-electron chi connectivity index (χ0n) is 15.2. The molecule has 0 aromatic carbocycles. The van der Waals surface area contributed by atoms with E-state index in [0.29, 0.717) is 18.3 Å². The zero-order valence-corrected chi connectivity index (χ0v) is 15.2. The van der Waals surface area contributed by atoms with Crippen LogP contribution in [0.1, 0.15) is 17.6 Å². The Morgan fingerprint density at radius 3 is 2.78 bits per heavy atom. The average molecular weight is 366 g/mol. The molecule has 3 aromatic rings. The molecule has 1 fully saturated rings. The molecule has 1 aliphatic heterocycles. The lowest BCUT2D eigenvalue weighted by Crippen LogP contribution is -2.41. The Hall–Kier alpha value is -2.84. The van der Waals surface area contributed by atoms with Crippen molar-refractivity contribution in [2.24, 2.45) is 0 Å². The summed E-state index contributed by atoms with van der Waals surface area (Å²) in [5.74, 6) is 1.86. The standard InChI is InChI=1S/C19H22N6O2/c1-14-23-19(27-24-14)15-5-7-21-18(12-15)22-13-17(16-4-2-3-6-20-16)25-8-10-26-11-9-25/h2-7,12,17H,8-11,13H2,1H3,(H,21,22)/t17-/m0/s1. The van der Waals surface area contributed by atoms with Crippen LogP contribution in [0.5, 0.6) is 0 Å². The maximum Gasteiger partial charge on any atom is 0.258 e. The number of morpholine rings is 1. The van der Waals surface area contributed by atoms with Crippen LogP contribution in [-0.4, -0.2) is 57.9 Å². The number of anilines is 1. The van der Waals surface area contributed by atoms with E-state index in [-0.39, 0.29) is 6.04 Å². The Balaban J connectivity index is 1.50. The Kier molecular flexibility index (Phi) is 5.36. The van der Waals surface area contributed by atoms with Gasteiger partial charge in [-0.2, -0.15) is 4.98 Å². The van der Waals surface area contributed by atoms with Crippen LogP contribution in [0.4, 0.5) is 5.82 Å². The first-order valence-corrected chi connectivity index (χ1v) is 9.03. The second-order valence-electron chi connectivity index (χ2n) is 6.38. The molecule has 8 heteroatoms. The quantitative estimate of drug-likeness (QED) is 0.711. The Bertz CT molecular complexity index is 863. The highest BCUT2D eigenvalue weighted by Gasteiger charge is 2.23. The molecule has 4 heterocycles. The molecule has 0 aliphatic carbocycles. The van der Waals surface area contributed by atoms with Crippen LogP contribution in [0, 0.1) is 6.92 Å². The Morgan fingerprint density at radius 2 is 2.04 bits per heavy atom. The van der Waals surface area contributed by atoms with Crippen LogP contribution in [0.2, 0.25) is 0 Å².